The molecule has 1 fully saturated rings. The van der Waals surface area contributed by atoms with Gasteiger partial charge in [-0.05, 0) is 60.9 Å². The van der Waals surface area contributed by atoms with Gasteiger partial charge in [0.25, 0.3) is 0 Å². The van der Waals surface area contributed by atoms with E-state index in [-0.39, 0.29) is 11.5 Å². The average molecular weight is 410 g/mol. The van der Waals surface area contributed by atoms with E-state index in [0.717, 1.165) is 12.0 Å². The van der Waals surface area contributed by atoms with Gasteiger partial charge in [-0.1, -0.05) is 44.2 Å². The summed E-state index contributed by atoms with van der Waals surface area (Å²) in [6, 6.07) is 14.4. The average Bonchev–Trinajstić information content (AvgIpc) is 2.91. The number of ether oxygens (including phenoxy) is 3. The zero-order valence-corrected chi connectivity index (χ0v) is 18.7. The molecule has 0 unspecified atom stereocenters. The van der Waals surface area contributed by atoms with Crippen molar-refractivity contribution in [2.24, 2.45) is 0 Å². The van der Waals surface area contributed by atoms with Crippen LogP contribution in [0.4, 0.5) is 4.79 Å². The van der Waals surface area contributed by atoms with Gasteiger partial charge in [0.05, 0.1) is 14.2 Å². The van der Waals surface area contributed by atoms with E-state index >= 15 is 0 Å². The molecule has 1 aliphatic heterocycles. The van der Waals surface area contributed by atoms with Crippen LogP contribution >= 0.6 is 0 Å². The van der Waals surface area contributed by atoms with Gasteiger partial charge in [-0.15, -0.1) is 0 Å². The fraction of sp³-hybridized carbons (Fsp3) is 0.480. The summed E-state index contributed by atoms with van der Waals surface area (Å²) >= 11 is 0. The van der Waals surface area contributed by atoms with Crippen molar-refractivity contribution in [3.63, 3.8) is 0 Å². The lowest BCUT2D eigenvalue weighted by Crippen LogP contribution is -2.58. The number of hydrogen-bond donors (Lipinski definition) is 0. The molecule has 160 valence electrons. The first kappa shape index (κ1) is 20.6. The third kappa shape index (κ3) is 2.86. The highest BCUT2D eigenvalue weighted by Crippen LogP contribution is 2.57. The quantitative estimate of drug-likeness (QED) is 0.693. The van der Waals surface area contributed by atoms with Crippen LogP contribution < -0.4 is 9.47 Å². The number of hydrogen-bond acceptors (Lipinski definition) is 4. The van der Waals surface area contributed by atoms with Crippen LogP contribution in [0.1, 0.15) is 50.8 Å². The first-order valence-electron chi connectivity index (χ1n) is 10.5. The molecule has 5 nitrogen and oxygen atoms in total. The summed E-state index contributed by atoms with van der Waals surface area (Å²) in [5, 5.41) is 0. The molecular weight excluding hydrogens is 378 g/mol. The molecule has 0 N–H and O–H groups in total. The van der Waals surface area contributed by atoms with Gasteiger partial charge in [-0.3, -0.25) is 4.90 Å². The fourth-order valence-corrected chi connectivity index (χ4v) is 5.48. The van der Waals surface area contributed by atoms with Crippen molar-refractivity contribution >= 4 is 6.09 Å². The van der Waals surface area contributed by atoms with Gasteiger partial charge >= 0.3 is 6.09 Å². The van der Waals surface area contributed by atoms with Crippen LogP contribution in [-0.4, -0.2) is 37.4 Å². The maximum Gasteiger partial charge on any atom is 0.411 e. The van der Waals surface area contributed by atoms with Crippen molar-refractivity contribution in [2.45, 2.75) is 57.1 Å². The standard InChI is InChI=1S/C25H31NO4/c1-23(2)16-24(3)25(4,19-10-8-7-9-18(19)23)26(22(27)30-24)14-13-17-11-12-20(28-5)21(15-17)29-6/h7-12,15H,13-14,16H2,1-6H3/t24-,25+/m0/s1. The molecule has 0 spiro atoms. The minimum absolute atomic E-state index is 0.0650. The second-order valence-electron chi connectivity index (χ2n) is 9.37. The van der Waals surface area contributed by atoms with Gasteiger partial charge in [0, 0.05) is 6.54 Å². The SMILES string of the molecule is COc1ccc(CCN2C(=O)O[C@@]3(C)CC(C)(C)c4ccccc4[C@@]23C)cc1OC. The third-order valence-electron chi connectivity index (χ3n) is 7.13. The van der Waals surface area contributed by atoms with Crippen molar-refractivity contribution in [1.82, 2.24) is 4.90 Å². The Morgan fingerprint density at radius 3 is 2.30 bits per heavy atom. The number of methoxy groups -OCH3 is 2. The molecule has 0 aromatic heterocycles. The molecule has 2 aliphatic rings. The Kier molecular flexibility index (Phi) is 4.75. The zero-order valence-electron chi connectivity index (χ0n) is 18.7. The van der Waals surface area contributed by atoms with Crippen molar-refractivity contribution in [2.75, 3.05) is 20.8 Å². The molecule has 1 aliphatic carbocycles. The predicted molar refractivity (Wildman–Crippen MR) is 116 cm³/mol. The molecule has 2 atom stereocenters. The van der Waals surface area contributed by atoms with E-state index in [2.05, 4.69) is 52.0 Å². The Bertz CT molecular complexity index is 985. The summed E-state index contributed by atoms with van der Waals surface area (Å²) in [5.74, 6) is 1.39. The molecule has 1 saturated heterocycles. The highest BCUT2D eigenvalue weighted by atomic mass is 16.6. The second kappa shape index (κ2) is 6.93. The molecule has 0 radical (unpaired) electrons. The first-order valence-corrected chi connectivity index (χ1v) is 10.5. The maximum atomic E-state index is 13.1. The van der Waals surface area contributed by atoms with Crippen LogP contribution in [-0.2, 0) is 22.1 Å². The van der Waals surface area contributed by atoms with Crippen LogP contribution in [0.2, 0.25) is 0 Å². The first-order chi connectivity index (χ1) is 14.2. The summed E-state index contributed by atoms with van der Waals surface area (Å²) in [6.07, 6.45) is 1.24. The highest BCUT2D eigenvalue weighted by molar-refractivity contribution is 5.74. The lowest BCUT2D eigenvalue weighted by atomic mass is 9.59. The van der Waals surface area contributed by atoms with Gasteiger partial charge in [0.1, 0.15) is 11.1 Å². The van der Waals surface area contributed by atoms with E-state index in [9.17, 15) is 4.79 Å². The fourth-order valence-electron chi connectivity index (χ4n) is 5.48. The molecule has 2 aromatic rings. The number of benzene rings is 2. The largest absolute Gasteiger partial charge is 0.493 e. The molecule has 1 amide bonds. The summed E-state index contributed by atoms with van der Waals surface area (Å²) in [7, 11) is 3.26. The second-order valence-corrected chi connectivity index (χ2v) is 9.37. The normalized spacial score (nSPS) is 26.6. The van der Waals surface area contributed by atoms with Crippen LogP contribution in [0, 0.1) is 0 Å². The van der Waals surface area contributed by atoms with E-state index < -0.39 is 11.1 Å². The lowest BCUT2D eigenvalue weighted by molar-refractivity contribution is -0.0291. The predicted octanol–water partition coefficient (Wildman–Crippen LogP) is 5.05. The van der Waals surface area contributed by atoms with Crippen molar-refractivity contribution in [3.05, 3.63) is 59.2 Å². The number of fused-ring (bicyclic) bond motifs is 3. The maximum absolute atomic E-state index is 13.1. The van der Waals surface area contributed by atoms with Crippen molar-refractivity contribution in [3.8, 4) is 11.5 Å². The number of rotatable bonds is 5. The smallest absolute Gasteiger partial charge is 0.411 e. The van der Waals surface area contributed by atoms with Crippen LogP contribution in [0.5, 0.6) is 11.5 Å². The highest BCUT2D eigenvalue weighted by Gasteiger charge is 2.65. The molecule has 2 aromatic carbocycles. The van der Waals surface area contributed by atoms with E-state index in [0.29, 0.717) is 24.5 Å². The van der Waals surface area contributed by atoms with Gasteiger partial charge in [0.2, 0.25) is 0 Å². The molecule has 30 heavy (non-hydrogen) atoms. The van der Waals surface area contributed by atoms with Crippen LogP contribution in [0.15, 0.2) is 42.5 Å². The molecule has 0 saturated carbocycles. The Hall–Kier alpha value is -2.69. The van der Waals surface area contributed by atoms with Crippen molar-refractivity contribution in [1.29, 1.82) is 0 Å². The molecule has 4 rings (SSSR count). The number of nitrogens with zero attached hydrogens (tertiary/aromatic N) is 1. The van der Waals surface area contributed by atoms with Crippen LogP contribution in [0.3, 0.4) is 0 Å². The van der Waals surface area contributed by atoms with Gasteiger partial charge in [0.15, 0.2) is 11.5 Å². The zero-order chi connectivity index (χ0) is 21.7. The Morgan fingerprint density at radius 2 is 1.63 bits per heavy atom. The molecule has 1 heterocycles. The minimum Gasteiger partial charge on any atom is -0.493 e. The summed E-state index contributed by atoms with van der Waals surface area (Å²) < 4.78 is 16.8. The molecule has 5 heteroatoms. The summed E-state index contributed by atoms with van der Waals surface area (Å²) in [4.78, 5) is 15.0. The number of amides is 1. The van der Waals surface area contributed by atoms with Crippen LogP contribution in [0.25, 0.3) is 0 Å². The van der Waals surface area contributed by atoms with Gasteiger partial charge < -0.3 is 14.2 Å². The summed E-state index contributed by atoms with van der Waals surface area (Å²) in [6.45, 7) is 9.27. The van der Waals surface area contributed by atoms with Crippen molar-refractivity contribution < 1.29 is 19.0 Å². The monoisotopic (exact) mass is 409 g/mol. The number of carbonyl (C=O) groups excluding carboxylic acids is 1. The van der Waals surface area contributed by atoms with Gasteiger partial charge in [-0.25, -0.2) is 4.79 Å². The Morgan fingerprint density at radius 1 is 0.967 bits per heavy atom. The topological polar surface area (TPSA) is 48.0 Å². The number of carbonyl (C=O) groups is 1. The Labute approximate surface area is 178 Å². The van der Waals surface area contributed by atoms with E-state index in [4.69, 9.17) is 14.2 Å². The van der Waals surface area contributed by atoms with E-state index in [1.54, 1.807) is 14.2 Å². The summed E-state index contributed by atoms with van der Waals surface area (Å²) in [5.41, 5.74) is 2.39. The van der Waals surface area contributed by atoms with E-state index in [1.165, 1.54) is 11.1 Å². The van der Waals surface area contributed by atoms with E-state index in [1.807, 2.05) is 23.1 Å². The molecule has 0 bridgehead atoms. The minimum atomic E-state index is -0.584. The third-order valence-corrected chi connectivity index (χ3v) is 7.13. The molecular formula is C25H31NO4. The lowest BCUT2D eigenvalue weighted by Gasteiger charge is -2.52. The Balaban J connectivity index is 1.69. The van der Waals surface area contributed by atoms with Gasteiger partial charge in [-0.2, -0.15) is 0 Å².